The molecule has 0 fully saturated rings. The smallest absolute Gasteiger partial charge is 0.244 e. The Hall–Kier alpha value is -1.92. The molecule has 1 heterocycles. The Morgan fingerprint density at radius 1 is 1.17 bits per heavy atom. The fourth-order valence-corrected chi connectivity index (χ4v) is 3.93. The van der Waals surface area contributed by atoms with Crippen LogP contribution in [0.2, 0.25) is 0 Å². The van der Waals surface area contributed by atoms with Gasteiger partial charge < -0.3 is 4.74 Å². The van der Waals surface area contributed by atoms with Gasteiger partial charge in [-0.05, 0) is 42.7 Å². The summed E-state index contributed by atoms with van der Waals surface area (Å²) in [5.41, 5.74) is 1.54. The highest BCUT2D eigenvalue weighted by atomic mass is 32.2. The number of ether oxygens (including phenoxy) is 1. The van der Waals surface area contributed by atoms with Gasteiger partial charge in [-0.15, -0.1) is 0 Å². The third kappa shape index (κ3) is 4.09. The van der Waals surface area contributed by atoms with E-state index in [0.717, 1.165) is 5.56 Å². The number of sulfonamides is 1. The third-order valence-electron chi connectivity index (χ3n) is 3.56. The van der Waals surface area contributed by atoms with E-state index >= 15 is 0 Å². The van der Waals surface area contributed by atoms with Crippen LogP contribution in [-0.4, -0.2) is 20.5 Å². The van der Waals surface area contributed by atoms with Crippen LogP contribution >= 0.6 is 0 Å². The van der Waals surface area contributed by atoms with E-state index in [0.29, 0.717) is 11.4 Å². The molecule has 2 rings (SSSR count). The first-order chi connectivity index (χ1) is 10.8. The van der Waals surface area contributed by atoms with E-state index in [4.69, 9.17) is 4.74 Å². The molecule has 0 aliphatic carbocycles. The second kappa shape index (κ2) is 7.10. The molecule has 1 aromatic carbocycles. The Labute approximate surface area is 137 Å². The molecule has 6 heteroatoms. The molecule has 1 unspecified atom stereocenters. The molecule has 23 heavy (non-hydrogen) atoms. The van der Waals surface area contributed by atoms with E-state index in [-0.39, 0.29) is 10.8 Å². The molecule has 0 radical (unpaired) electrons. The first-order valence-electron chi connectivity index (χ1n) is 7.43. The van der Waals surface area contributed by atoms with E-state index in [1.165, 1.54) is 7.11 Å². The molecule has 5 nitrogen and oxygen atoms in total. The first-order valence-corrected chi connectivity index (χ1v) is 8.91. The number of hydrogen-bond donors (Lipinski definition) is 1. The highest BCUT2D eigenvalue weighted by molar-refractivity contribution is 7.89. The molecule has 0 spiro atoms. The fourth-order valence-electron chi connectivity index (χ4n) is 2.32. The van der Waals surface area contributed by atoms with Gasteiger partial charge in [0.05, 0.1) is 18.8 Å². The lowest BCUT2D eigenvalue weighted by Crippen LogP contribution is -2.32. The molecule has 0 bridgehead atoms. The number of methoxy groups -OCH3 is 1. The quantitative estimate of drug-likeness (QED) is 0.881. The average Bonchev–Trinajstić information content (AvgIpc) is 2.53. The highest BCUT2D eigenvalue weighted by Crippen LogP contribution is 2.28. The number of nitrogens with zero attached hydrogens (tertiary/aromatic N) is 1. The lowest BCUT2D eigenvalue weighted by atomic mass is 10.0. The fraction of sp³-hybridized carbons (Fsp3) is 0.353. The summed E-state index contributed by atoms with van der Waals surface area (Å²) in [6.07, 6.45) is 1.66. The normalized spacial score (nSPS) is 13.1. The molecule has 1 N–H and O–H groups in total. The maximum Gasteiger partial charge on any atom is 0.244 e. The number of aryl methyl sites for hydroxylation is 1. The zero-order valence-electron chi connectivity index (χ0n) is 13.8. The average molecular weight is 334 g/mol. The van der Waals surface area contributed by atoms with Crippen LogP contribution in [0.4, 0.5) is 0 Å². The van der Waals surface area contributed by atoms with Crippen LogP contribution in [0.5, 0.6) is 5.75 Å². The second-order valence-electron chi connectivity index (χ2n) is 5.75. The standard InChI is InChI=1S/C17H22N2O3S/c1-12(2)17(14-7-5-6-10-18-14)19-23(20,21)16-11-13(3)8-9-15(16)22-4/h5-12,17,19H,1-4H3. The van der Waals surface area contributed by atoms with Crippen molar-refractivity contribution in [2.24, 2.45) is 5.92 Å². The van der Waals surface area contributed by atoms with Crippen LogP contribution in [0.25, 0.3) is 0 Å². The van der Waals surface area contributed by atoms with Gasteiger partial charge in [0.1, 0.15) is 10.6 Å². The minimum atomic E-state index is -3.73. The molecule has 1 aromatic heterocycles. The van der Waals surface area contributed by atoms with Crippen LogP contribution in [0.15, 0.2) is 47.5 Å². The van der Waals surface area contributed by atoms with Crippen LogP contribution in [0.3, 0.4) is 0 Å². The third-order valence-corrected chi connectivity index (χ3v) is 5.03. The molecular formula is C17H22N2O3S. The van der Waals surface area contributed by atoms with Crippen molar-refractivity contribution in [1.29, 1.82) is 0 Å². The predicted octanol–water partition coefficient (Wildman–Crippen LogP) is 3.07. The SMILES string of the molecule is COc1ccc(C)cc1S(=O)(=O)NC(c1ccccn1)C(C)C. The van der Waals surface area contributed by atoms with Gasteiger partial charge in [-0.3, -0.25) is 4.98 Å². The van der Waals surface area contributed by atoms with Gasteiger partial charge >= 0.3 is 0 Å². The zero-order chi connectivity index (χ0) is 17.0. The maximum absolute atomic E-state index is 12.8. The van der Waals surface area contributed by atoms with Crippen LogP contribution in [0, 0.1) is 12.8 Å². The summed E-state index contributed by atoms with van der Waals surface area (Å²) >= 11 is 0. The maximum atomic E-state index is 12.8. The van der Waals surface area contributed by atoms with Crippen molar-refractivity contribution >= 4 is 10.0 Å². The van der Waals surface area contributed by atoms with Crippen molar-refractivity contribution in [1.82, 2.24) is 9.71 Å². The summed E-state index contributed by atoms with van der Waals surface area (Å²) in [5, 5.41) is 0. The van der Waals surface area contributed by atoms with E-state index in [2.05, 4.69) is 9.71 Å². The second-order valence-corrected chi connectivity index (χ2v) is 7.43. The van der Waals surface area contributed by atoms with Gasteiger partial charge in [0.15, 0.2) is 0 Å². The van der Waals surface area contributed by atoms with Crippen LogP contribution in [0.1, 0.15) is 31.1 Å². The minimum Gasteiger partial charge on any atom is -0.495 e. The lowest BCUT2D eigenvalue weighted by Gasteiger charge is -2.22. The van der Waals surface area contributed by atoms with Crippen LogP contribution in [-0.2, 0) is 10.0 Å². The van der Waals surface area contributed by atoms with Gasteiger partial charge in [0.25, 0.3) is 0 Å². The molecule has 124 valence electrons. The van der Waals surface area contributed by atoms with Crippen molar-refractivity contribution < 1.29 is 13.2 Å². The van der Waals surface area contributed by atoms with Crippen molar-refractivity contribution in [3.05, 3.63) is 53.9 Å². The van der Waals surface area contributed by atoms with Gasteiger partial charge in [-0.25, -0.2) is 13.1 Å². The van der Waals surface area contributed by atoms with E-state index in [1.807, 2.05) is 39.0 Å². The zero-order valence-corrected chi connectivity index (χ0v) is 14.6. The molecule has 0 aliphatic rings. The molecule has 0 saturated heterocycles. The largest absolute Gasteiger partial charge is 0.495 e. The van der Waals surface area contributed by atoms with Crippen molar-refractivity contribution in [3.63, 3.8) is 0 Å². The van der Waals surface area contributed by atoms with Crippen molar-refractivity contribution in [2.75, 3.05) is 7.11 Å². The van der Waals surface area contributed by atoms with Gasteiger partial charge in [-0.2, -0.15) is 0 Å². The van der Waals surface area contributed by atoms with Crippen molar-refractivity contribution in [3.8, 4) is 5.75 Å². The van der Waals surface area contributed by atoms with Gasteiger partial charge in [-0.1, -0.05) is 26.0 Å². The van der Waals surface area contributed by atoms with E-state index in [9.17, 15) is 8.42 Å². The summed E-state index contributed by atoms with van der Waals surface area (Å²) in [6, 6.07) is 10.1. The van der Waals surface area contributed by atoms with Crippen LogP contribution < -0.4 is 9.46 Å². The molecule has 1 atom stereocenters. The Balaban J connectivity index is 2.42. The van der Waals surface area contributed by atoms with Crippen molar-refractivity contribution in [2.45, 2.75) is 31.7 Å². The summed E-state index contributed by atoms with van der Waals surface area (Å²) in [5.74, 6) is 0.377. The minimum absolute atomic E-state index is 0.0514. The number of rotatable bonds is 6. The van der Waals surface area contributed by atoms with Gasteiger partial charge in [0, 0.05) is 6.20 Å². The molecular weight excluding hydrogens is 312 g/mol. The van der Waals surface area contributed by atoms with Gasteiger partial charge in [0.2, 0.25) is 10.0 Å². The van der Waals surface area contributed by atoms with E-state index < -0.39 is 16.1 Å². The number of aromatic nitrogens is 1. The Morgan fingerprint density at radius 3 is 2.48 bits per heavy atom. The summed E-state index contributed by atoms with van der Waals surface area (Å²) in [7, 11) is -2.27. The topological polar surface area (TPSA) is 68.3 Å². The Bertz CT molecular complexity index is 759. The number of benzene rings is 1. The predicted molar refractivity (Wildman–Crippen MR) is 89.9 cm³/mol. The monoisotopic (exact) mass is 334 g/mol. The van der Waals surface area contributed by atoms with E-state index in [1.54, 1.807) is 24.4 Å². The molecule has 0 amide bonds. The number of pyridine rings is 1. The Kier molecular flexibility index (Phi) is 5.38. The highest BCUT2D eigenvalue weighted by Gasteiger charge is 2.27. The number of hydrogen-bond acceptors (Lipinski definition) is 4. The molecule has 2 aromatic rings. The molecule has 0 saturated carbocycles. The summed E-state index contributed by atoms with van der Waals surface area (Å²) in [4.78, 5) is 4.42. The lowest BCUT2D eigenvalue weighted by molar-refractivity contribution is 0.400. The Morgan fingerprint density at radius 2 is 1.91 bits per heavy atom. The number of nitrogens with one attached hydrogen (secondary N) is 1. The summed E-state index contributed by atoms with van der Waals surface area (Å²) in [6.45, 7) is 5.75. The summed E-state index contributed by atoms with van der Waals surface area (Å²) < 4.78 is 33.6. The molecule has 0 aliphatic heterocycles. The first kappa shape index (κ1) is 17.4.